The Balaban J connectivity index is 3.31. The lowest BCUT2D eigenvalue weighted by Crippen LogP contribution is -2.32. The van der Waals surface area contributed by atoms with Crippen LogP contribution in [0.25, 0.3) is 0 Å². The van der Waals surface area contributed by atoms with Crippen LogP contribution in [0.5, 0.6) is 0 Å². The zero-order valence-corrected chi connectivity index (χ0v) is 11.6. The van der Waals surface area contributed by atoms with Crippen LogP contribution in [0, 0.1) is 0 Å². The molecule has 0 radical (unpaired) electrons. The van der Waals surface area contributed by atoms with Gasteiger partial charge in [0.1, 0.15) is 0 Å². The minimum atomic E-state index is -0.0426. The molecule has 7 heteroatoms. The number of nitrogens with zero attached hydrogens (tertiary/aromatic N) is 2. The number of amidine groups is 1. The topological polar surface area (TPSA) is 102 Å². The summed E-state index contributed by atoms with van der Waals surface area (Å²) in [5.74, 6) is 0.0147. The summed E-state index contributed by atoms with van der Waals surface area (Å²) in [4.78, 5) is 2.67. The molecule has 0 aromatic heterocycles. The van der Waals surface area contributed by atoms with E-state index in [1.165, 1.54) is 11.8 Å². The summed E-state index contributed by atoms with van der Waals surface area (Å²) in [6.07, 6.45) is 1.90. The molecular formula is C12H19N3O3S. The number of thioether (sulfide) groups is 1. The van der Waals surface area contributed by atoms with Gasteiger partial charge in [-0.15, -0.1) is 11.8 Å². The average molecular weight is 285 g/mol. The highest BCUT2D eigenvalue weighted by Gasteiger charge is 2.17. The van der Waals surface area contributed by atoms with Crippen LogP contribution in [0.4, 0.5) is 5.69 Å². The normalized spacial score (nSPS) is 11.6. The van der Waals surface area contributed by atoms with Crippen molar-refractivity contribution in [1.82, 2.24) is 0 Å². The zero-order chi connectivity index (χ0) is 14.3. The van der Waals surface area contributed by atoms with E-state index in [0.717, 1.165) is 10.6 Å². The highest BCUT2D eigenvalue weighted by molar-refractivity contribution is 7.98. The first-order valence-corrected chi connectivity index (χ1v) is 7.03. The molecule has 1 aromatic carbocycles. The highest BCUT2D eigenvalue weighted by Crippen LogP contribution is 2.29. The predicted molar refractivity (Wildman–Crippen MR) is 77.1 cm³/mol. The van der Waals surface area contributed by atoms with E-state index >= 15 is 0 Å². The second-order valence-electron chi connectivity index (χ2n) is 3.77. The highest BCUT2D eigenvalue weighted by atomic mass is 32.2. The Labute approximate surface area is 116 Å². The molecule has 6 nitrogen and oxygen atoms in total. The van der Waals surface area contributed by atoms with Crippen LogP contribution in [0.1, 0.15) is 5.56 Å². The fourth-order valence-corrected chi connectivity index (χ4v) is 2.48. The fourth-order valence-electron chi connectivity index (χ4n) is 1.85. The monoisotopic (exact) mass is 285 g/mol. The second kappa shape index (κ2) is 7.88. The number of anilines is 1. The number of hydrogen-bond acceptors (Lipinski definition) is 6. The Morgan fingerprint density at radius 3 is 2.42 bits per heavy atom. The van der Waals surface area contributed by atoms with Crippen LogP contribution in [0.15, 0.2) is 28.3 Å². The number of aliphatic hydroxyl groups excluding tert-OH is 2. The van der Waals surface area contributed by atoms with Crippen molar-refractivity contribution in [2.45, 2.75) is 4.90 Å². The van der Waals surface area contributed by atoms with Gasteiger partial charge >= 0.3 is 0 Å². The Kier molecular flexibility index (Phi) is 6.48. The first-order valence-electron chi connectivity index (χ1n) is 5.81. The largest absolute Gasteiger partial charge is 0.409 e. The van der Waals surface area contributed by atoms with Crippen LogP contribution in [-0.2, 0) is 0 Å². The van der Waals surface area contributed by atoms with Crippen LogP contribution < -0.4 is 10.6 Å². The molecule has 0 aliphatic heterocycles. The van der Waals surface area contributed by atoms with Gasteiger partial charge in [0, 0.05) is 23.7 Å². The van der Waals surface area contributed by atoms with Gasteiger partial charge < -0.3 is 26.1 Å². The van der Waals surface area contributed by atoms with Gasteiger partial charge in [-0.1, -0.05) is 11.2 Å². The summed E-state index contributed by atoms with van der Waals surface area (Å²) in [6.45, 7) is 0.645. The van der Waals surface area contributed by atoms with E-state index in [1.807, 2.05) is 24.5 Å². The number of hydrogen-bond donors (Lipinski definition) is 4. The molecule has 0 aliphatic rings. The lowest BCUT2D eigenvalue weighted by Gasteiger charge is -2.26. The van der Waals surface area contributed by atoms with Crippen molar-refractivity contribution in [1.29, 1.82) is 0 Å². The van der Waals surface area contributed by atoms with E-state index in [1.54, 1.807) is 4.90 Å². The summed E-state index contributed by atoms with van der Waals surface area (Å²) in [7, 11) is 0. The lowest BCUT2D eigenvalue weighted by molar-refractivity contribution is 0.281. The third kappa shape index (κ3) is 3.76. The standard InChI is InChI=1S/C12H19N3O3S/c1-19-10-4-2-3-9(11(10)12(13)14-18)15(5-7-16)6-8-17/h2-4,16-18H,5-8H2,1H3,(H2,13,14). The molecule has 106 valence electrons. The maximum atomic E-state index is 9.10. The van der Waals surface area contributed by atoms with Gasteiger partial charge in [-0.05, 0) is 18.4 Å². The van der Waals surface area contributed by atoms with Crippen LogP contribution in [0.3, 0.4) is 0 Å². The molecule has 0 amide bonds. The van der Waals surface area contributed by atoms with Crippen molar-refractivity contribution >= 4 is 23.3 Å². The van der Waals surface area contributed by atoms with Gasteiger partial charge in [-0.2, -0.15) is 0 Å². The van der Waals surface area contributed by atoms with Crippen LogP contribution in [0.2, 0.25) is 0 Å². The minimum Gasteiger partial charge on any atom is -0.409 e. The first-order chi connectivity index (χ1) is 9.19. The fraction of sp³-hybridized carbons (Fsp3) is 0.417. The summed E-state index contributed by atoms with van der Waals surface area (Å²) in [5, 5.41) is 30.2. The molecule has 5 N–H and O–H groups in total. The number of benzene rings is 1. The Bertz CT molecular complexity index is 434. The molecular weight excluding hydrogens is 266 g/mol. The van der Waals surface area contributed by atoms with Gasteiger partial charge in [0.25, 0.3) is 0 Å². The molecule has 0 saturated carbocycles. The second-order valence-corrected chi connectivity index (χ2v) is 4.62. The molecule has 0 bridgehead atoms. The van der Waals surface area contributed by atoms with Crippen molar-refractivity contribution in [2.75, 3.05) is 37.5 Å². The summed E-state index contributed by atoms with van der Waals surface area (Å²) < 4.78 is 0. The molecule has 0 unspecified atom stereocenters. The number of oxime groups is 1. The summed E-state index contributed by atoms with van der Waals surface area (Å²) >= 11 is 1.48. The smallest absolute Gasteiger partial charge is 0.173 e. The molecule has 0 spiro atoms. The van der Waals surface area contributed by atoms with Crippen molar-refractivity contribution in [2.24, 2.45) is 10.9 Å². The number of rotatable bonds is 7. The van der Waals surface area contributed by atoms with Gasteiger partial charge in [-0.3, -0.25) is 0 Å². The molecule has 19 heavy (non-hydrogen) atoms. The van der Waals surface area contributed by atoms with E-state index in [9.17, 15) is 0 Å². The molecule has 0 fully saturated rings. The molecule has 1 rings (SSSR count). The van der Waals surface area contributed by atoms with Gasteiger partial charge in [0.2, 0.25) is 0 Å². The third-order valence-electron chi connectivity index (χ3n) is 2.67. The van der Waals surface area contributed by atoms with Gasteiger partial charge in [0.05, 0.1) is 18.8 Å². The lowest BCUT2D eigenvalue weighted by atomic mass is 10.1. The Morgan fingerprint density at radius 2 is 1.95 bits per heavy atom. The van der Waals surface area contributed by atoms with Crippen molar-refractivity contribution < 1.29 is 15.4 Å². The number of nitrogens with two attached hydrogens (primary N) is 1. The first kappa shape index (κ1) is 15.6. The quantitative estimate of drug-likeness (QED) is 0.189. The third-order valence-corrected chi connectivity index (χ3v) is 3.45. The van der Waals surface area contributed by atoms with Crippen LogP contribution >= 0.6 is 11.8 Å². The molecule has 0 heterocycles. The molecule has 1 aromatic rings. The van der Waals surface area contributed by atoms with Crippen molar-refractivity contribution in [3.05, 3.63) is 23.8 Å². The van der Waals surface area contributed by atoms with Crippen molar-refractivity contribution in [3.63, 3.8) is 0 Å². The SMILES string of the molecule is CSc1cccc(N(CCO)CCO)c1/C(N)=N/O. The summed E-state index contributed by atoms with van der Waals surface area (Å²) in [5.41, 5.74) is 7.07. The maximum Gasteiger partial charge on any atom is 0.173 e. The van der Waals surface area contributed by atoms with Gasteiger partial charge in [0.15, 0.2) is 5.84 Å². The zero-order valence-electron chi connectivity index (χ0n) is 10.8. The van der Waals surface area contributed by atoms with Gasteiger partial charge in [-0.25, -0.2) is 0 Å². The van der Waals surface area contributed by atoms with Crippen LogP contribution in [-0.4, -0.2) is 53.8 Å². The predicted octanol–water partition coefficient (Wildman–Crippen LogP) is 0.294. The Morgan fingerprint density at radius 1 is 1.32 bits per heavy atom. The van der Waals surface area contributed by atoms with Crippen molar-refractivity contribution in [3.8, 4) is 0 Å². The minimum absolute atomic E-state index is 0.0147. The van der Waals surface area contributed by atoms with E-state index in [4.69, 9.17) is 21.2 Å². The van der Waals surface area contributed by atoms with E-state index in [-0.39, 0.29) is 19.0 Å². The van der Waals surface area contributed by atoms with E-state index in [2.05, 4.69) is 5.16 Å². The summed E-state index contributed by atoms with van der Waals surface area (Å²) in [6, 6.07) is 5.55. The average Bonchev–Trinajstić information content (AvgIpc) is 2.45. The van der Waals surface area contributed by atoms with E-state index < -0.39 is 0 Å². The van der Waals surface area contributed by atoms with E-state index in [0.29, 0.717) is 18.7 Å². The molecule has 0 aliphatic carbocycles. The molecule has 0 saturated heterocycles. The number of aliphatic hydroxyl groups is 2. The Hall–Kier alpha value is -1.44. The maximum absolute atomic E-state index is 9.10. The molecule has 0 atom stereocenters.